The van der Waals surface area contributed by atoms with Gasteiger partial charge < -0.3 is 9.80 Å². The molecular formula is C14H20N4S. The van der Waals surface area contributed by atoms with Crippen molar-refractivity contribution in [2.24, 2.45) is 0 Å². The third kappa shape index (κ3) is 3.11. The molecule has 0 N–H and O–H groups in total. The predicted molar refractivity (Wildman–Crippen MR) is 81.8 cm³/mol. The molecule has 102 valence electrons. The second-order valence-electron chi connectivity index (χ2n) is 5.06. The summed E-state index contributed by atoms with van der Waals surface area (Å²) in [6.07, 6.45) is 0. The maximum Gasteiger partial charge on any atom is 0.237 e. The quantitative estimate of drug-likeness (QED) is 0.859. The lowest BCUT2D eigenvalue weighted by Gasteiger charge is -2.20. The van der Waals surface area contributed by atoms with Crippen LogP contribution in [-0.2, 0) is 0 Å². The second kappa shape index (κ2) is 5.67. The minimum absolute atomic E-state index is 0.417. The zero-order valence-corrected chi connectivity index (χ0v) is 12.9. The SMILES string of the molecule is C[C@@H](c1ccc(-c2nc(N(C)C)ns2)cc1)N(C)C. The standard InChI is InChI=1S/C14H20N4S/c1-10(17(2)3)11-6-8-12(9-7-11)13-15-14(16-19-13)18(4)5/h6-10H,1-5H3/t10-/m0/s1. The number of aromatic nitrogens is 2. The highest BCUT2D eigenvalue weighted by Crippen LogP contribution is 2.26. The summed E-state index contributed by atoms with van der Waals surface area (Å²) in [7, 11) is 8.08. The molecule has 5 heteroatoms. The average Bonchev–Trinajstić information content (AvgIpc) is 2.87. The number of anilines is 1. The molecule has 1 aromatic heterocycles. The van der Waals surface area contributed by atoms with Gasteiger partial charge in [0, 0.05) is 25.7 Å². The van der Waals surface area contributed by atoms with E-state index < -0.39 is 0 Å². The van der Waals surface area contributed by atoms with Crippen LogP contribution in [0.3, 0.4) is 0 Å². The number of benzene rings is 1. The third-order valence-electron chi connectivity index (χ3n) is 3.23. The lowest BCUT2D eigenvalue weighted by atomic mass is 10.1. The lowest BCUT2D eigenvalue weighted by molar-refractivity contribution is 0.321. The topological polar surface area (TPSA) is 32.3 Å². The molecule has 1 aromatic carbocycles. The number of hydrogen-bond donors (Lipinski definition) is 0. The number of rotatable bonds is 4. The van der Waals surface area contributed by atoms with Crippen LogP contribution in [0.25, 0.3) is 10.6 Å². The molecule has 0 fully saturated rings. The van der Waals surface area contributed by atoms with Crippen molar-refractivity contribution in [1.29, 1.82) is 0 Å². The maximum atomic E-state index is 4.51. The van der Waals surface area contributed by atoms with Gasteiger partial charge in [-0.15, -0.1) is 0 Å². The molecule has 0 saturated heterocycles. The van der Waals surface area contributed by atoms with Gasteiger partial charge in [0.05, 0.1) is 0 Å². The Labute approximate surface area is 118 Å². The Bertz CT molecular complexity index is 531. The van der Waals surface area contributed by atoms with Crippen molar-refractivity contribution in [1.82, 2.24) is 14.3 Å². The first-order chi connectivity index (χ1) is 8.99. The molecule has 4 nitrogen and oxygen atoms in total. The fourth-order valence-electron chi connectivity index (χ4n) is 1.72. The van der Waals surface area contributed by atoms with Crippen molar-refractivity contribution in [2.75, 3.05) is 33.1 Å². The van der Waals surface area contributed by atoms with E-state index in [9.17, 15) is 0 Å². The second-order valence-corrected chi connectivity index (χ2v) is 5.81. The van der Waals surface area contributed by atoms with Crippen molar-refractivity contribution in [2.45, 2.75) is 13.0 Å². The first-order valence-corrected chi connectivity index (χ1v) is 7.04. The Balaban J connectivity index is 2.22. The highest BCUT2D eigenvalue weighted by molar-refractivity contribution is 7.09. The summed E-state index contributed by atoms with van der Waals surface area (Å²) in [6, 6.07) is 8.98. The van der Waals surface area contributed by atoms with Gasteiger partial charge in [0.25, 0.3) is 0 Å². The molecule has 0 aliphatic rings. The Morgan fingerprint density at radius 2 is 1.68 bits per heavy atom. The lowest BCUT2D eigenvalue weighted by Crippen LogP contribution is -2.16. The van der Waals surface area contributed by atoms with Crippen LogP contribution in [0, 0.1) is 0 Å². The van der Waals surface area contributed by atoms with E-state index in [0.717, 1.165) is 16.5 Å². The van der Waals surface area contributed by atoms with Gasteiger partial charge in [0.1, 0.15) is 5.01 Å². The van der Waals surface area contributed by atoms with E-state index in [4.69, 9.17) is 0 Å². The van der Waals surface area contributed by atoms with Crippen LogP contribution in [0.15, 0.2) is 24.3 Å². The summed E-state index contributed by atoms with van der Waals surface area (Å²) in [5.41, 5.74) is 2.44. The minimum atomic E-state index is 0.417. The van der Waals surface area contributed by atoms with E-state index in [0.29, 0.717) is 6.04 Å². The van der Waals surface area contributed by atoms with E-state index in [2.05, 4.69) is 59.5 Å². The zero-order valence-electron chi connectivity index (χ0n) is 12.1. The fourth-order valence-corrected chi connectivity index (χ4v) is 2.45. The van der Waals surface area contributed by atoms with Crippen LogP contribution in [0.4, 0.5) is 5.95 Å². The summed E-state index contributed by atoms with van der Waals surface area (Å²) in [5.74, 6) is 0.769. The average molecular weight is 276 g/mol. The molecule has 1 atom stereocenters. The van der Waals surface area contributed by atoms with E-state index in [1.54, 1.807) is 0 Å². The molecule has 0 radical (unpaired) electrons. The molecule has 2 rings (SSSR count). The van der Waals surface area contributed by atoms with Gasteiger partial charge in [-0.25, -0.2) is 0 Å². The van der Waals surface area contributed by atoms with E-state index in [-0.39, 0.29) is 0 Å². The van der Waals surface area contributed by atoms with Crippen molar-refractivity contribution >= 4 is 17.5 Å². The van der Waals surface area contributed by atoms with Gasteiger partial charge in [0.2, 0.25) is 5.95 Å². The van der Waals surface area contributed by atoms with Crippen molar-refractivity contribution in [3.63, 3.8) is 0 Å². The zero-order chi connectivity index (χ0) is 14.0. The van der Waals surface area contributed by atoms with Gasteiger partial charge >= 0.3 is 0 Å². The maximum absolute atomic E-state index is 4.51. The fraction of sp³-hybridized carbons (Fsp3) is 0.429. The molecule has 0 amide bonds. The van der Waals surface area contributed by atoms with Crippen LogP contribution >= 0.6 is 11.5 Å². The molecule has 0 unspecified atom stereocenters. The molecule has 0 aliphatic carbocycles. The molecule has 1 heterocycles. The Morgan fingerprint density at radius 3 is 2.16 bits per heavy atom. The molecule has 2 aromatic rings. The van der Waals surface area contributed by atoms with Gasteiger partial charge in [-0.05, 0) is 38.1 Å². The Hall–Kier alpha value is -1.46. The number of nitrogens with zero attached hydrogens (tertiary/aromatic N) is 4. The smallest absolute Gasteiger partial charge is 0.237 e. The normalized spacial score (nSPS) is 12.7. The summed E-state index contributed by atoms with van der Waals surface area (Å²) in [4.78, 5) is 8.63. The number of hydrogen-bond acceptors (Lipinski definition) is 5. The highest BCUT2D eigenvalue weighted by atomic mass is 32.1. The molecule has 0 aliphatic heterocycles. The monoisotopic (exact) mass is 276 g/mol. The van der Waals surface area contributed by atoms with E-state index in [1.807, 2.05) is 19.0 Å². The van der Waals surface area contributed by atoms with Crippen LogP contribution in [0.1, 0.15) is 18.5 Å². The molecule has 19 heavy (non-hydrogen) atoms. The van der Waals surface area contributed by atoms with Crippen molar-refractivity contribution in [3.05, 3.63) is 29.8 Å². The van der Waals surface area contributed by atoms with Gasteiger partial charge in [-0.3, -0.25) is 0 Å². The summed E-state index contributed by atoms with van der Waals surface area (Å²) < 4.78 is 4.33. The van der Waals surface area contributed by atoms with Crippen LogP contribution in [0.2, 0.25) is 0 Å². The first kappa shape index (κ1) is 14.0. The molecule has 0 spiro atoms. The first-order valence-electron chi connectivity index (χ1n) is 6.27. The van der Waals surface area contributed by atoms with E-state index in [1.165, 1.54) is 17.1 Å². The molecule has 0 bridgehead atoms. The molecule has 0 saturated carbocycles. The minimum Gasteiger partial charge on any atom is -0.346 e. The third-order valence-corrected chi connectivity index (χ3v) is 3.98. The van der Waals surface area contributed by atoms with Gasteiger partial charge in [-0.2, -0.15) is 9.36 Å². The van der Waals surface area contributed by atoms with Gasteiger partial charge in [0.15, 0.2) is 0 Å². The Morgan fingerprint density at radius 1 is 1.05 bits per heavy atom. The summed E-state index contributed by atoms with van der Waals surface area (Å²) in [5, 5.41) is 0.966. The van der Waals surface area contributed by atoms with Crippen LogP contribution < -0.4 is 4.90 Å². The van der Waals surface area contributed by atoms with Crippen molar-refractivity contribution in [3.8, 4) is 10.6 Å². The van der Waals surface area contributed by atoms with Crippen LogP contribution in [-0.4, -0.2) is 42.4 Å². The van der Waals surface area contributed by atoms with E-state index >= 15 is 0 Å². The summed E-state index contributed by atoms with van der Waals surface area (Å²) >= 11 is 1.44. The highest BCUT2D eigenvalue weighted by Gasteiger charge is 2.10. The Kier molecular flexibility index (Phi) is 4.17. The largest absolute Gasteiger partial charge is 0.346 e. The molecular weight excluding hydrogens is 256 g/mol. The van der Waals surface area contributed by atoms with Gasteiger partial charge in [-0.1, -0.05) is 24.3 Å². The van der Waals surface area contributed by atoms with Crippen molar-refractivity contribution < 1.29 is 0 Å². The van der Waals surface area contributed by atoms with Crippen LogP contribution in [0.5, 0.6) is 0 Å². The summed E-state index contributed by atoms with van der Waals surface area (Å²) in [6.45, 7) is 2.20. The predicted octanol–water partition coefficient (Wildman–Crippen LogP) is 2.89.